The van der Waals surface area contributed by atoms with E-state index in [9.17, 15) is 8.78 Å². The minimum atomic E-state index is -0.263. The minimum Gasteiger partial charge on any atom is -0.207 e. The van der Waals surface area contributed by atoms with Crippen molar-refractivity contribution in [3.05, 3.63) is 34.4 Å². The van der Waals surface area contributed by atoms with Crippen LogP contribution in [0.5, 0.6) is 0 Å². The largest absolute Gasteiger partial charge is 0.207 e. The smallest absolute Gasteiger partial charge is 0.130 e. The van der Waals surface area contributed by atoms with E-state index in [4.69, 9.17) is 0 Å². The number of halogens is 3. The molecule has 0 N–H and O–H groups in total. The molecule has 0 saturated carbocycles. The number of aryl methyl sites for hydroxylation is 1. The van der Waals surface area contributed by atoms with Crippen LogP contribution >= 0.6 is 15.9 Å². The second-order valence-electron chi connectivity index (χ2n) is 4.26. The molecule has 0 saturated heterocycles. The van der Waals surface area contributed by atoms with Crippen LogP contribution in [0.1, 0.15) is 47.2 Å². The SMILES string of the molecule is Cc1cc(F)c2c(c1F)C(Br)CCC2C. The van der Waals surface area contributed by atoms with Crippen molar-refractivity contribution in [3.8, 4) is 0 Å². The number of alkyl halides is 1. The normalized spacial score (nSPS) is 25.1. The summed E-state index contributed by atoms with van der Waals surface area (Å²) in [4.78, 5) is -0.0434. The van der Waals surface area contributed by atoms with Gasteiger partial charge in [-0.3, -0.25) is 0 Å². The van der Waals surface area contributed by atoms with Crippen LogP contribution < -0.4 is 0 Å². The predicted molar refractivity (Wildman–Crippen MR) is 60.4 cm³/mol. The topological polar surface area (TPSA) is 0 Å². The summed E-state index contributed by atoms with van der Waals surface area (Å²) >= 11 is 3.43. The summed E-state index contributed by atoms with van der Waals surface area (Å²) in [5.74, 6) is -0.399. The van der Waals surface area contributed by atoms with Crippen molar-refractivity contribution in [2.45, 2.75) is 37.4 Å². The average molecular weight is 275 g/mol. The fourth-order valence-electron chi connectivity index (χ4n) is 2.28. The maximum Gasteiger partial charge on any atom is 0.130 e. The van der Waals surface area contributed by atoms with E-state index in [0.29, 0.717) is 16.7 Å². The van der Waals surface area contributed by atoms with Crippen LogP contribution in [0.3, 0.4) is 0 Å². The molecule has 2 unspecified atom stereocenters. The van der Waals surface area contributed by atoms with Gasteiger partial charge >= 0.3 is 0 Å². The van der Waals surface area contributed by atoms with Crippen LogP contribution in [0.4, 0.5) is 8.78 Å². The van der Waals surface area contributed by atoms with Gasteiger partial charge in [-0.1, -0.05) is 22.9 Å². The molecule has 15 heavy (non-hydrogen) atoms. The molecule has 2 atom stereocenters. The van der Waals surface area contributed by atoms with Gasteiger partial charge in [-0.25, -0.2) is 8.78 Å². The molecule has 1 aromatic rings. The summed E-state index contributed by atoms with van der Waals surface area (Å²) in [6.45, 7) is 3.56. The van der Waals surface area contributed by atoms with Crippen molar-refractivity contribution < 1.29 is 8.78 Å². The summed E-state index contributed by atoms with van der Waals surface area (Å²) in [5, 5.41) is 0. The van der Waals surface area contributed by atoms with Gasteiger partial charge in [-0.2, -0.15) is 0 Å². The van der Waals surface area contributed by atoms with Gasteiger partial charge in [0.1, 0.15) is 11.6 Å². The molecule has 0 aromatic heterocycles. The van der Waals surface area contributed by atoms with Crippen LogP contribution in [0.25, 0.3) is 0 Å². The fourth-order valence-corrected chi connectivity index (χ4v) is 2.99. The molecule has 1 aliphatic carbocycles. The zero-order chi connectivity index (χ0) is 11.2. The van der Waals surface area contributed by atoms with Gasteiger partial charge in [0.2, 0.25) is 0 Å². The van der Waals surface area contributed by atoms with Crippen molar-refractivity contribution in [2.75, 3.05) is 0 Å². The minimum absolute atomic E-state index is 0.0434. The molecule has 0 spiro atoms. The summed E-state index contributed by atoms with van der Waals surface area (Å²) in [5.41, 5.74) is 1.49. The number of fused-ring (bicyclic) bond motifs is 1. The van der Waals surface area contributed by atoms with Crippen LogP contribution in [0.2, 0.25) is 0 Å². The number of benzene rings is 1. The molecule has 2 rings (SSSR count). The average Bonchev–Trinajstić information content (AvgIpc) is 2.18. The van der Waals surface area contributed by atoms with Crippen LogP contribution in [-0.2, 0) is 0 Å². The van der Waals surface area contributed by atoms with Crippen molar-refractivity contribution in [1.29, 1.82) is 0 Å². The van der Waals surface area contributed by atoms with Gasteiger partial charge < -0.3 is 0 Å². The summed E-state index contributed by atoms with van der Waals surface area (Å²) in [6.07, 6.45) is 1.77. The van der Waals surface area contributed by atoms with Crippen LogP contribution in [0.15, 0.2) is 6.07 Å². The highest BCUT2D eigenvalue weighted by molar-refractivity contribution is 9.09. The summed E-state index contributed by atoms with van der Waals surface area (Å²) in [6, 6.07) is 1.30. The first-order chi connectivity index (χ1) is 7.02. The second-order valence-corrected chi connectivity index (χ2v) is 5.37. The Morgan fingerprint density at radius 2 is 1.93 bits per heavy atom. The molecular weight excluding hydrogens is 262 g/mol. The van der Waals surface area contributed by atoms with E-state index in [1.165, 1.54) is 6.07 Å². The first kappa shape index (κ1) is 11.1. The Balaban J connectivity index is 2.71. The quantitative estimate of drug-likeness (QED) is 0.607. The van der Waals surface area contributed by atoms with Crippen LogP contribution in [0, 0.1) is 18.6 Å². The third-order valence-electron chi connectivity index (χ3n) is 3.13. The summed E-state index contributed by atoms with van der Waals surface area (Å²) in [7, 11) is 0. The second kappa shape index (κ2) is 3.85. The maximum atomic E-state index is 13.9. The third-order valence-corrected chi connectivity index (χ3v) is 4.05. The molecule has 3 heteroatoms. The Bertz CT molecular complexity index is 401. The lowest BCUT2D eigenvalue weighted by Crippen LogP contribution is -2.14. The Morgan fingerprint density at radius 1 is 1.27 bits per heavy atom. The Labute approximate surface area is 96.8 Å². The fraction of sp³-hybridized carbons (Fsp3) is 0.500. The Kier molecular flexibility index (Phi) is 2.84. The van der Waals surface area contributed by atoms with Gasteiger partial charge in [-0.05, 0) is 42.9 Å². The molecule has 0 heterocycles. The van der Waals surface area contributed by atoms with Gasteiger partial charge in [0.05, 0.1) is 0 Å². The van der Waals surface area contributed by atoms with E-state index in [0.717, 1.165) is 12.8 Å². The molecule has 1 aromatic carbocycles. The number of rotatable bonds is 0. The van der Waals surface area contributed by atoms with E-state index < -0.39 is 0 Å². The molecule has 0 bridgehead atoms. The third kappa shape index (κ3) is 1.71. The molecule has 0 nitrogen and oxygen atoms in total. The standard InChI is InChI=1S/C12H13BrF2/c1-6-3-4-8(13)11-10(6)9(14)5-7(2)12(11)15/h5-6,8H,3-4H2,1-2H3. The van der Waals surface area contributed by atoms with Crippen molar-refractivity contribution in [1.82, 2.24) is 0 Å². The first-order valence-corrected chi connectivity index (χ1v) is 6.06. The molecular formula is C12H13BrF2. The van der Waals surface area contributed by atoms with E-state index in [1.807, 2.05) is 6.92 Å². The highest BCUT2D eigenvalue weighted by Gasteiger charge is 2.29. The van der Waals surface area contributed by atoms with Crippen molar-refractivity contribution >= 4 is 15.9 Å². The van der Waals surface area contributed by atoms with E-state index in [2.05, 4.69) is 15.9 Å². The Morgan fingerprint density at radius 3 is 2.60 bits per heavy atom. The lowest BCUT2D eigenvalue weighted by Gasteiger charge is -2.27. The van der Waals surface area contributed by atoms with Gasteiger partial charge in [0.25, 0.3) is 0 Å². The molecule has 0 radical (unpaired) electrons. The van der Waals surface area contributed by atoms with E-state index in [1.54, 1.807) is 6.92 Å². The number of hydrogen-bond donors (Lipinski definition) is 0. The van der Waals surface area contributed by atoms with Crippen molar-refractivity contribution in [3.63, 3.8) is 0 Å². The maximum absolute atomic E-state index is 13.9. The first-order valence-electron chi connectivity index (χ1n) is 5.14. The van der Waals surface area contributed by atoms with Crippen LogP contribution in [-0.4, -0.2) is 0 Å². The number of hydrogen-bond acceptors (Lipinski definition) is 0. The van der Waals surface area contributed by atoms with Gasteiger partial charge in [0, 0.05) is 10.4 Å². The highest BCUT2D eigenvalue weighted by Crippen LogP contribution is 2.44. The zero-order valence-corrected chi connectivity index (χ0v) is 10.4. The Hall–Kier alpha value is -0.440. The summed E-state index contributed by atoms with van der Waals surface area (Å²) < 4.78 is 27.6. The van der Waals surface area contributed by atoms with Crippen molar-refractivity contribution in [2.24, 2.45) is 0 Å². The van der Waals surface area contributed by atoms with Gasteiger partial charge in [-0.15, -0.1) is 0 Å². The van der Waals surface area contributed by atoms with Gasteiger partial charge in [0.15, 0.2) is 0 Å². The monoisotopic (exact) mass is 274 g/mol. The highest BCUT2D eigenvalue weighted by atomic mass is 79.9. The predicted octanol–water partition coefficient (Wildman–Crippen LogP) is 4.61. The molecule has 1 aliphatic rings. The molecule has 82 valence electrons. The zero-order valence-electron chi connectivity index (χ0n) is 8.78. The molecule has 0 fully saturated rings. The molecule has 0 amide bonds. The van der Waals surface area contributed by atoms with E-state index >= 15 is 0 Å². The molecule has 0 aliphatic heterocycles. The van der Waals surface area contributed by atoms with E-state index in [-0.39, 0.29) is 22.4 Å². The lowest BCUT2D eigenvalue weighted by atomic mass is 9.82. The lowest BCUT2D eigenvalue weighted by molar-refractivity contribution is 0.497.